The minimum absolute atomic E-state index is 0.932. The Labute approximate surface area is 97.8 Å². The third-order valence-electron chi connectivity index (χ3n) is 4.08. The summed E-state index contributed by atoms with van der Waals surface area (Å²) in [5, 5.41) is 0. The average molecular weight is 212 g/mol. The Balaban J connectivity index is 3.75. The van der Waals surface area contributed by atoms with E-state index in [1.165, 1.54) is 44.9 Å². The van der Waals surface area contributed by atoms with E-state index < -0.39 is 0 Å². The molecule has 0 bridgehead atoms. The van der Waals surface area contributed by atoms with Gasteiger partial charge in [0.2, 0.25) is 0 Å². The van der Waals surface area contributed by atoms with Crippen molar-refractivity contribution in [3.63, 3.8) is 0 Å². The van der Waals surface area contributed by atoms with Gasteiger partial charge in [-0.3, -0.25) is 0 Å². The highest BCUT2D eigenvalue weighted by atomic mass is 14.2. The molecule has 0 amide bonds. The standard InChI is InChI=1S/C15H32/c1-6-10-15(14(5)8-3)12-9-11-13(4)7-2/h13-15H,6-12H2,1-5H3. The monoisotopic (exact) mass is 212 g/mol. The van der Waals surface area contributed by atoms with E-state index >= 15 is 0 Å². The van der Waals surface area contributed by atoms with Crippen LogP contribution in [0.15, 0.2) is 0 Å². The molecule has 15 heavy (non-hydrogen) atoms. The summed E-state index contributed by atoms with van der Waals surface area (Å²) in [6.45, 7) is 11.8. The largest absolute Gasteiger partial charge is 0.0654 e. The van der Waals surface area contributed by atoms with Gasteiger partial charge in [-0.2, -0.15) is 0 Å². The predicted octanol–water partition coefficient (Wildman–Crippen LogP) is 5.67. The molecule has 0 heteroatoms. The average Bonchev–Trinajstić information content (AvgIpc) is 2.26. The van der Waals surface area contributed by atoms with Gasteiger partial charge in [0, 0.05) is 0 Å². The fraction of sp³-hybridized carbons (Fsp3) is 1.00. The van der Waals surface area contributed by atoms with Crippen LogP contribution >= 0.6 is 0 Å². The van der Waals surface area contributed by atoms with Gasteiger partial charge in [-0.15, -0.1) is 0 Å². The van der Waals surface area contributed by atoms with Crippen molar-refractivity contribution in [1.82, 2.24) is 0 Å². The first-order valence-electron chi connectivity index (χ1n) is 7.15. The number of hydrogen-bond acceptors (Lipinski definition) is 0. The van der Waals surface area contributed by atoms with E-state index in [1.807, 2.05) is 0 Å². The van der Waals surface area contributed by atoms with Crippen LogP contribution in [0.1, 0.15) is 79.6 Å². The summed E-state index contributed by atoms with van der Waals surface area (Å²) in [5.74, 6) is 2.86. The van der Waals surface area contributed by atoms with Crippen molar-refractivity contribution in [2.45, 2.75) is 79.6 Å². The maximum Gasteiger partial charge on any atom is -0.0389 e. The molecule has 3 atom stereocenters. The second-order valence-electron chi connectivity index (χ2n) is 5.38. The highest BCUT2D eigenvalue weighted by Gasteiger charge is 2.14. The molecule has 0 aliphatic carbocycles. The molecule has 0 nitrogen and oxygen atoms in total. The van der Waals surface area contributed by atoms with Crippen LogP contribution in [0.5, 0.6) is 0 Å². The second-order valence-corrected chi connectivity index (χ2v) is 5.38. The highest BCUT2D eigenvalue weighted by Crippen LogP contribution is 2.26. The van der Waals surface area contributed by atoms with E-state index in [0.29, 0.717) is 0 Å². The minimum atomic E-state index is 0.932. The first-order valence-corrected chi connectivity index (χ1v) is 7.15. The molecular weight excluding hydrogens is 180 g/mol. The molecular formula is C15H32. The summed E-state index contributed by atoms with van der Waals surface area (Å²) in [5.41, 5.74) is 0. The van der Waals surface area contributed by atoms with Gasteiger partial charge < -0.3 is 0 Å². The quantitative estimate of drug-likeness (QED) is 0.462. The Bertz CT molecular complexity index is 128. The molecule has 0 aromatic heterocycles. The van der Waals surface area contributed by atoms with Gasteiger partial charge in [0.25, 0.3) is 0 Å². The molecule has 0 heterocycles. The Kier molecular flexibility index (Phi) is 9.24. The summed E-state index contributed by atoms with van der Waals surface area (Å²) in [6.07, 6.45) is 9.86. The van der Waals surface area contributed by atoms with E-state index in [0.717, 1.165) is 17.8 Å². The Morgan fingerprint density at radius 1 is 0.800 bits per heavy atom. The van der Waals surface area contributed by atoms with Crippen molar-refractivity contribution in [1.29, 1.82) is 0 Å². The van der Waals surface area contributed by atoms with E-state index in [9.17, 15) is 0 Å². The Morgan fingerprint density at radius 2 is 1.47 bits per heavy atom. The van der Waals surface area contributed by atoms with Gasteiger partial charge in [0.1, 0.15) is 0 Å². The molecule has 0 aliphatic heterocycles. The van der Waals surface area contributed by atoms with Gasteiger partial charge in [0.05, 0.1) is 0 Å². The Morgan fingerprint density at radius 3 is 1.93 bits per heavy atom. The van der Waals surface area contributed by atoms with E-state index in [4.69, 9.17) is 0 Å². The predicted molar refractivity (Wildman–Crippen MR) is 71.2 cm³/mol. The van der Waals surface area contributed by atoms with Crippen LogP contribution in [-0.4, -0.2) is 0 Å². The maximum absolute atomic E-state index is 2.43. The molecule has 0 aromatic carbocycles. The van der Waals surface area contributed by atoms with Crippen LogP contribution in [0.2, 0.25) is 0 Å². The zero-order chi connectivity index (χ0) is 11.7. The molecule has 0 aromatic rings. The van der Waals surface area contributed by atoms with Crippen LogP contribution in [-0.2, 0) is 0 Å². The normalized spacial score (nSPS) is 17.4. The smallest absolute Gasteiger partial charge is 0.0389 e. The molecule has 0 saturated heterocycles. The minimum Gasteiger partial charge on any atom is -0.0654 e. The molecule has 0 spiro atoms. The van der Waals surface area contributed by atoms with Crippen molar-refractivity contribution >= 4 is 0 Å². The van der Waals surface area contributed by atoms with Gasteiger partial charge in [-0.1, -0.05) is 79.6 Å². The molecule has 0 saturated carbocycles. The number of hydrogen-bond donors (Lipinski definition) is 0. The van der Waals surface area contributed by atoms with Crippen molar-refractivity contribution < 1.29 is 0 Å². The molecule has 92 valence electrons. The summed E-state index contributed by atoms with van der Waals surface area (Å²) >= 11 is 0. The molecule has 0 radical (unpaired) electrons. The van der Waals surface area contributed by atoms with Crippen LogP contribution in [0.25, 0.3) is 0 Å². The molecule has 3 unspecified atom stereocenters. The lowest BCUT2D eigenvalue weighted by molar-refractivity contribution is 0.288. The van der Waals surface area contributed by atoms with Crippen molar-refractivity contribution in [3.05, 3.63) is 0 Å². The summed E-state index contributed by atoms with van der Waals surface area (Å²) in [6, 6.07) is 0. The fourth-order valence-electron chi connectivity index (χ4n) is 2.35. The first kappa shape index (κ1) is 15.0. The zero-order valence-electron chi connectivity index (χ0n) is 11.7. The third kappa shape index (κ3) is 6.98. The topological polar surface area (TPSA) is 0 Å². The van der Waals surface area contributed by atoms with Crippen LogP contribution < -0.4 is 0 Å². The van der Waals surface area contributed by atoms with Crippen molar-refractivity contribution in [2.24, 2.45) is 17.8 Å². The SMILES string of the molecule is CCCC(CCCC(C)CC)C(C)CC. The van der Waals surface area contributed by atoms with Crippen LogP contribution in [0.4, 0.5) is 0 Å². The number of rotatable bonds is 9. The summed E-state index contributed by atoms with van der Waals surface area (Å²) in [4.78, 5) is 0. The van der Waals surface area contributed by atoms with Crippen molar-refractivity contribution in [2.75, 3.05) is 0 Å². The molecule has 0 aliphatic rings. The zero-order valence-corrected chi connectivity index (χ0v) is 11.7. The van der Waals surface area contributed by atoms with Gasteiger partial charge in [-0.25, -0.2) is 0 Å². The molecule has 0 fully saturated rings. The van der Waals surface area contributed by atoms with Gasteiger partial charge in [-0.05, 0) is 17.8 Å². The van der Waals surface area contributed by atoms with Crippen molar-refractivity contribution in [3.8, 4) is 0 Å². The third-order valence-corrected chi connectivity index (χ3v) is 4.08. The lowest BCUT2D eigenvalue weighted by atomic mass is 9.83. The lowest BCUT2D eigenvalue weighted by Crippen LogP contribution is -2.11. The molecule has 0 rings (SSSR count). The first-order chi connectivity index (χ1) is 7.15. The molecule has 0 N–H and O–H groups in total. The van der Waals surface area contributed by atoms with Gasteiger partial charge >= 0.3 is 0 Å². The lowest BCUT2D eigenvalue weighted by Gasteiger charge is -2.23. The van der Waals surface area contributed by atoms with E-state index in [-0.39, 0.29) is 0 Å². The maximum atomic E-state index is 2.43. The second kappa shape index (κ2) is 9.24. The highest BCUT2D eigenvalue weighted by molar-refractivity contribution is 4.66. The van der Waals surface area contributed by atoms with E-state index in [1.54, 1.807) is 0 Å². The fourth-order valence-corrected chi connectivity index (χ4v) is 2.35. The summed E-state index contributed by atoms with van der Waals surface area (Å²) < 4.78 is 0. The van der Waals surface area contributed by atoms with Crippen LogP contribution in [0, 0.1) is 17.8 Å². The Hall–Kier alpha value is 0. The van der Waals surface area contributed by atoms with Crippen LogP contribution in [0.3, 0.4) is 0 Å². The van der Waals surface area contributed by atoms with Gasteiger partial charge in [0.15, 0.2) is 0 Å². The van der Waals surface area contributed by atoms with E-state index in [2.05, 4.69) is 34.6 Å². The summed E-state index contributed by atoms with van der Waals surface area (Å²) in [7, 11) is 0.